The first kappa shape index (κ1) is 17.1. The average Bonchev–Trinajstić information content (AvgIpc) is 3.12. The van der Waals surface area contributed by atoms with Crippen LogP contribution in [0.2, 0.25) is 0 Å². The van der Waals surface area contributed by atoms with Crippen LogP contribution in [-0.4, -0.2) is 62.7 Å². The SMILES string of the molecule is CCS(=O)N1CCc2c(-c3cnc(N)nc3)nc(N3CCOCC3)nc21. The fourth-order valence-electron chi connectivity index (χ4n) is 3.17. The molecular formula is C16H21N7O2S. The van der Waals surface area contributed by atoms with Crippen molar-refractivity contribution in [3.05, 3.63) is 18.0 Å². The summed E-state index contributed by atoms with van der Waals surface area (Å²) >= 11 is 0. The predicted octanol–water partition coefficient (Wildman–Crippen LogP) is 0.399. The van der Waals surface area contributed by atoms with E-state index in [-0.39, 0.29) is 5.95 Å². The molecule has 138 valence electrons. The highest BCUT2D eigenvalue weighted by molar-refractivity contribution is 7.86. The third-order valence-electron chi connectivity index (χ3n) is 4.51. The summed E-state index contributed by atoms with van der Waals surface area (Å²) in [7, 11) is -1.10. The molecule has 4 rings (SSSR count). The number of hydrogen-bond acceptors (Lipinski definition) is 8. The summed E-state index contributed by atoms with van der Waals surface area (Å²) in [5.74, 6) is 2.14. The van der Waals surface area contributed by atoms with Gasteiger partial charge in [-0.3, -0.25) is 4.31 Å². The minimum absolute atomic E-state index is 0.224. The van der Waals surface area contributed by atoms with Crippen molar-refractivity contribution in [3.8, 4) is 11.3 Å². The molecule has 1 atom stereocenters. The Balaban J connectivity index is 1.83. The molecule has 0 aliphatic carbocycles. The number of nitrogen functional groups attached to an aromatic ring is 1. The summed E-state index contributed by atoms with van der Waals surface area (Å²) in [6, 6.07) is 0. The zero-order valence-electron chi connectivity index (χ0n) is 14.6. The molecule has 2 aromatic heterocycles. The molecule has 2 aliphatic heterocycles. The largest absolute Gasteiger partial charge is 0.378 e. The first-order valence-electron chi connectivity index (χ1n) is 8.65. The van der Waals surface area contributed by atoms with Crippen LogP contribution in [0.25, 0.3) is 11.3 Å². The van der Waals surface area contributed by atoms with Gasteiger partial charge in [-0.25, -0.2) is 19.2 Å². The fourth-order valence-corrected chi connectivity index (χ4v) is 4.12. The van der Waals surface area contributed by atoms with E-state index in [1.807, 2.05) is 11.2 Å². The highest BCUT2D eigenvalue weighted by atomic mass is 32.2. The molecule has 0 spiro atoms. The molecule has 26 heavy (non-hydrogen) atoms. The Hall–Kier alpha value is -2.33. The highest BCUT2D eigenvalue weighted by Gasteiger charge is 2.30. The number of morpholine rings is 1. The quantitative estimate of drug-likeness (QED) is 0.817. The number of hydrogen-bond donors (Lipinski definition) is 1. The van der Waals surface area contributed by atoms with Crippen LogP contribution in [0.5, 0.6) is 0 Å². The van der Waals surface area contributed by atoms with Crippen molar-refractivity contribution in [1.82, 2.24) is 19.9 Å². The number of ether oxygens (including phenoxy) is 1. The van der Waals surface area contributed by atoms with Crippen LogP contribution in [0.3, 0.4) is 0 Å². The summed E-state index contributed by atoms with van der Waals surface area (Å²) in [5, 5.41) is 0. The van der Waals surface area contributed by atoms with Gasteiger partial charge in [-0.2, -0.15) is 4.98 Å². The van der Waals surface area contributed by atoms with Crippen LogP contribution in [0.15, 0.2) is 12.4 Å². The molecule has 1 fully saturated rings. The first-order chi connectivity index (χ1) is 12.7. The van der Waals surface area contributed by atoms with E-state index in [4.69, 9.17) is 20.4 Å². The van der Waals surface area contributed by atoms with E-state index in [1.54, 1.807) is 12.4 Å². The Morgan fingerprint density at radius 2 is 1.92 bits per heavy atom. The Labute approximate surface area is 154 Å². The molecular weight excluding hydrogens is 354 g/mol. The first-order valence-corrected chi connectivity index (χ1v) is 9.92. The second kappa shape index (κ2) is 7.12. The Morgan fingerprint density at radius 1 is 1.19 bits per heavy atom. The van der Waals surface area contributed by atoms with E-state index < -0.39 is 11.0 Å². The van der Waals surface area contributed by atoms with E-state index in [9.17, 15) is 4.21 Å². The van der Waals surface area contributed by atoms with E-state index in [0.717, 1.165) is 42.1 Å². The molecule has 2 aliphatic rings. The summed E-state index contributed by atoms with van der Waals surface area (Å²) in [4.78, 5) is 19.8. The third-order valence-corrected chi connectivity index (χ3v) is 5.85. The van der Waals surface area contributed by atoms with Gasteiger partial charge in [-0.05, 0) is 6.42 Å². The molecule has 0 amide bonds. The molecule has 4 heterocycles. The van der Waals surface area contributed by atoms with Crippen molar-refractivity contribution in [3.63, 3.8) is 0 Å². The molecule has 1 saturated heterocycles. The lowest BCUT2D eigenvalue weighted by Crippen LogP contribution is -2.37. The van der Waals surface area contributed by atoms with Crippen LogP contribution in [-0.2, 0) is 22.1 Å². The van der Waals surface area contributed by atoms with E-state index in [1.165, 1.54) is 0 Å². The van der Waals surface area contributed by atoms with Gasteiger partial charge in [0.25, 0.3) is 0 Å². The highest BCUT2D eigenvalue weighted by Crippen LogP contribution is 2.36. The van der Waals surface area contributed by atoms with E-state index >= 15 is 0 Å². The molecule has 2 aromatic rings. The van der Waals surface area contributed by atoms with Gasteiger partial charge in [0.1, 0.15) is 16.8 Å². The van der Waals surface area contributed by atoms with Crippen LogP contribution in [0, 0.1) is 0 Å². The van der Waals surface area contributed by atoms with Gasteiger partial charge in [-0.15, -0.1) is 0 Å². The zero-order chi connectivity index (χ0) is 18.1. The molecule has 0 saturated carbocycles. The van der Waals surface area contributed by atoms with Crippen LogP contribution in [0.1, 0.15) is 12.5 Å². The maximum atomic E-state index is 12.5. The van der Waals surface area contributed by atoms with Crippen molar-refractivity contribution in [2.24, 2.45) is 0 Å². The number of rotatable bonds is 4. The standard InChI is InChI=1S/C16H21N7O2S/c1-2-26(24)23-4-3-12-13(11-9-18-15(17)19-10-11)20-16(21-14(12)23)22-5-7-25-8-6-22/h9-10H,2-8H2,1H3,(H2,17,18,19). The van der Waals surface area contributed by atoms with Crippen LogP contribution in [0.4, 0.5) is 17.7 Å². The molecule has 0 aromatic carbocycles. The van der Waals surface area contributed by atoms with E-state index in [0.29, 0.717) is 31.5 Å². The van der Waals surface area contributed by atoms with Gasteiger partial charge in [-0.1, -0.05) is 6.92 Å². The number of nitrogens with zero attached hydrogens (tertiary/aromatic N) is 6. The second-order valence-corrected chi connectivity index (χ2v) is 7.73. The minimum atomic E-state index is -1.10. The Bertz CT molecular complexity index is 824. The van der Waals surface area contributed by atoms with Crippen LogP contribution >= 0.6 is 0 Å². The third kappa shape index (κ3) is 3.10. The predicted molar refractivity (Wildman–Crippen MR) is 100 cm³/mol. The van der Waals surface area contributed by atoms with Gasteiger partial charge in [0.15, 0.2) is 0 Å². The molecule has 1 unspecified atom stereocenters. The van der Waals surface area contributed by atoms with Crippen molar-refractivity contribution in [1.29, 1.82) is 0 Å². The van der Waals surface area contributed by atoms with Crippen LogP contribution < -0.4 is 14.9 Å². The Morgan fingerprint density at radius 3 is 2.62 bits per heavy atom. The molecule has 10 heteroatoms. The van der Waals surface area contributed by atoms with Gasteiger partial charge in [0.2, 0.25) is 11.9 Å². The topological polar surface area (TPSA) is 110 Å². The normalized spacial score (nSPS) is 18.0. The van der Waals surface area contributed by atoms with Gasteiger partial charge in [0.05, 0.1) is 18.9 Å². The van der Waals surface area contributed by atoms with Crippen molar-refractivity contribution in [2.45, 2.75) is 13.3 Å². The average molecular weight is 375 g/mol. The van der Waals surface area contributed by atoms with Crippen molar-refractivity contribution in [2.75, 3.05) is 53.5 Å². The number of nitrogens with two attached hydrogens (primary N) is 1. The molecule has 9 nitrogen and oxygen atoms in total. The summed E-state index contributed by atoms with van der Waals surface area (Å²) in [6.45, 7) is 5.32. The zero-order valence-corrected chi connectivity index (χ0v) is 15.4. The molecule has 2 N–H and O–H groups in total. The maximum absolute atomic E-state index is 12.5. The van der Waals surface area contributed by atoms with Gasteiger partial charge >= 0.3 is 0 Å². The van der Waals surface area contributed by atoms with Gasteiger partial charge in [0, 0.05) is 48.9 Å². The lowest BCUT2D eigenvalue weighted by Gasteiger charge is -2.28. The maximum Gasteiger partial charge on any atom is 0.228 e. The summed E-state index contributed by atoms with van der Waals surface area (Å²) < 4.78 is 19.8. The van der Waals surface area contributed by atoms with E-state index in [2.05, 4.69) is 14.9 Å². The fraction of sp³-hybridized carbons (Fsp3) is 0.500. The lowest BCUT2D eigenvalue weighted by molar-refractivity contribution is 0.122. The Kier molecular flexibility index (Phi) is 4.68. The number of fused-ring (bicyclic) bond motifs is 1. The summed E-state index contributed by atoms with van der Waals surface area (Å²) in [5.41, 5.74) is 8.17. The second-order valence-electron chi connectivity index (χ2n) is 6.07. The number of anilines is 3. The van der Waals surface area contributed by atoms with Crippen molar-refractivity contribution < 1.29 is 8.95 Å². The lowest BCUT2D eigenvalue weighted by atomic mass is 10.1. The monoisotopic (exact) mass is 375 g/mol. The molecule has 0 bridgehead atoms. The summed E-state index contributed by atoms with van der Waals surface area (Å²) in [6.07, 6.45) is 4.09. The minimum Gasteiger partial charge on any atom is -0.378 e. The van der Waals surface area contributed by atoms with Crippen molar-refractivity contribution >= 4 is 28.7 Å². The smallest absolute Gasteiger partial charge is 0.228 e. The number of aromatic nitrogens is 4. The molecule has 0 radical (unpaired) electrons. The van der Waals surface area contributed by atoms with Gasteiger partial charge < -0.3 is 15.4 Å².